The summed E-state index contributed by atoms with van der Waals surface area (Å²) < 4.78 is 1.69. The molecule has 0 spiro atoms. The van der Waals surface area contributed by atoms with Gasteiger partial charge in [0.15, 0.2) is 0 Å². The van der Waals surface area contributed by atoms with Crippen molar-refractivity contribution in [3.8, 4) is 5.69 Å². The van der Waals surface area contributed by atoms with Gasteiger partial charge in [-0.3, -0.25) is 14.2 Å². The van der Waals surface area contributed by atoms with Crippen molar-refractivity contribution in [2.45, 2.75) is 40.2 Å². The highest BCUT2D eigenvalue weighted by Gasteiger charge is 2.28. The van der Waals surface area contributed by atoms with Crippen LogP contribution in [0.25, 0.3) is 27.4 Å². The SMILES string of the molecule is Cc1ccccc1-n1c(C(C)N(CCC(C)C)C(=O)c2ccc3ccccc3c2)nc2ccccc2c1=O. The van der Waals surface area contributed by atoms with Gasteiger partial charge in [-0.15, -0.1) is 0 Å². The van der Waals surface area contributed by atoms with E-state index in [0.717, 1.165) is 28.4 Å². The van der Waals surface area contributed by atoms with E-state index < -0.39 is 6.04 Å². The Kier molecular flexibility index (Phi) is 7.10. The number of nitrogens with zero attached hydrogens (tertiary/aromatic N) is 3. The number of carbonyl (C=O) groups is 1. The van der Waals surface area contributed by atoms with E-state index >= 15 is 0 Å². The van der Waals surface area contributed by atoms with Gasteiger partial charge in [0.25, 0.3) is 11.5 Å². The molecule has 5 nitrogen and oxygen atoms in total. The third-order valence-electron chi connectivity index (χ3n) is 7.20. The maximum atomic E-state index is 14.1. The molecule has 4 aromatic carbocycles. The van der Waals surface area contributed by atoms with Crippen molar-refractivity contribution >= 4 is 27.6 Å². The zero-order valence-electron chi connectivity index (χ0n) is 22.4. The van der Waals surface area contributed by atoms with Crippen LogP contribution in [-0.4, -0.2) is 26.9 Å². The number of carbonyl (C=O) groups excluding carboxylic acids is 1. The number of aromatic nitrogens is 2. The summed E-state index contributed by atoms with van der Waals surface area (Å²) in [4.78, 5) is 34.9. The van der Waals surface area contributed by atoms with Crippen LogP contribution in [0.15, 0.2) is 95.8 Å². The Morgan fingerprint density at radius 3 is 2.32 bits per heavy atom. The topological polar surface area (TPSA) is 55.2 Å². The van der Waals surface area contributed by atoms with E-state index in [1.165, 1.54) is 0 Å². The van der Waals surface area contributed by atoms with Crippen LogP contribution < -0.4 is 5.56 Å². The molecule has 1 amide bonds. The quantitative estimate of drug-likeness (QED) is 0.238. The van der Waals surface area contributed by atoms with Gasteiger partial charge in [-0.25, -0.2) is 4.98 Å². The van der Waals surface area contributed by atoms with Gasteiger partial charge in [0.1, 0.15) is 5.82 Å². The second kappa shape index (κ2) is 10.6. The van der Waals surface area contributed by atoms with Gasteiger partial charge in [0.2, 0.25) is 0 Å². The first-order chi connectivity index (χ1) is 18.3. The fourth-order valence-corrected chi connectivity index (χ4v) is 4.97. The van der Waals surface area contributed by atoms with E-state index in [4.69, 9.17) is 4.98 Å². The summed E-state index contributed by atoms with van der Waals surface area (Å²) in [5.41, 5.74) is 2.87. The molecule has 1 heterocycles. The molecule has 5 heteroatoms. The van der Waals surface area contributed by atoms with Crippen LogP contribution in [0.3, 0.4) is 0 Å². The van der Waals surface area contributed by atoms with Gasteiger partial charge >= 0.3 is 0 Å². The summed E-state index contributed by atoms with van der Waals surface area (Å²) in [6.45, 7) is 8.83. The van der Waals surface area contributed by atoms with E-state index in [1.54, 1.807) is 4.57 Å². The Morgan fingerprint density at radius 1 is 0.868 bits per heavy atom. The molecule has 0 N–H and O–H groups in total. The third-order valence-corrected chi connectivity index (χ3v) is 7.20. The number of hydrogen-bond acceptors (Lipinski definition) is 3. The molecule has 0 radical (unpaired) electrons. The molecule has 1 aromatic heterocycles. The fraction of sp³-hybridized carbons (Fsp3) is 0.242. The number of para-hydroxylation sites is 2. The molecule has 192 valence electrons. The van der Waals surface area contributed by atoms with E-state index in [1.807, 2.05) is 110 Å². The number of amides is 1. The van der Waals surface area contributed by atoms with E-state index in [0.29, 0.717) is 34.8 Å². The summed E-state index contributed by atoms with van der Waals surface area (Å²) in [7, 11) is 0. The Labute approximate surface area is 223 Å². The predicted octanol–water partition coefficient (Wildman–Crippen LogP) is 7.10. The molecular formula is C33H33N3O2. The normalized spacial score (nSPS) is 12.2. The molecule has 5 rings (SSSR count). The number of hydrogen-bond donors (Lipinski definition) is 0. The maximum Gasteiger partial charge on any atom is 0.266 e. The molecule has 0 fully saturated rings. The van der Waals surface area contributed by atoms with E-state index in [-0.39, 0.29) is 11.5 Å². The third kappa shape index (κ3) is 4.84. The molecule has 0 saturated heterocycles. The van der Waals surface area contributed by atoms with E-state index in [2.05, 4.69) is 13.8 Å². The van der Waals surface area contributed by atoms with Gasteiger partial charge in [0, 0.05) is 12.1 Å². The molecule has 0 saturated carbocycles. The zero-order valence-corrected chi connectivity index (χ0v) is 22.4. The van der Waals surface area contributed by atoms with E-state index in [9.17, 15) is 9.59 Å². The first-order valence-electron chi connectivity index (χ1n) is 13.2. The molecule has 0 aliphatic rings. The van der Waals surface area contributed by atoms with Crippen LogP contribution in [0.1, 0.15) is 55.0 Å². The van der Waals surface area contributed by atoms with Gasteiger partial charge in [-0.1, -0.05) is 74.5 Å². The molecular weight excluding hydrogens is 470 g/mol. The predicted molar refractivity (Wildman–Crippen MR) is 155 cm³/mol. The first kappa shape index (κ1) is 25.4. The van der Waals surface area contributed by atoms with Crippen molar-refractivity contribution in [1.29, 1.82) is 0 Å². The highest BCUT2D eigenvalue weighted by molar-refractivity contribution is 5.98. The summed E-state index contributed by atoms with van der Waals surface area (Å²) in [5.74, 6) is 0.903. The lowest BCUT2D eigenvalue weighted by molar-refractivity contribution is 0.0671. The lowest BCUT2D eigenvalue weighted by Crippen LogP contribution is -2.38. The summed E-state index contributed by atoms with van der Waals surface area (Å²) in [6.07, 6.45) is 0.839. The van der Waals surface area contributed by atoms with Crippen LogP contribution in [0.2, 0.25) is 0 Å². The number of rotatable bonds is 7. The lowest BCUT2D eigenvalue weighted by Gasteiger charge is -2.31. The van der Waals surface area contributed by atoms with Crippen LogP contribution in [0.4, 0.5) is 0 Å². The average molecular weight is 504 g/mol. The minimum absolute atomic E-state index is 0.0670. The first-order valence-corrected chi connectivity index (χ1v) is 13.2. The van der Waals surface area contributed by atoms with Crippen molar-refractivity contribution in [3.05, 3.63) is 118 Å². The van der Waals surface area contributed by atoms with Crippen molar-refractivity contribution in [1.82, 2.24) is 14.5 Å². The van der Waals surface area contributed by atoms with Crippen molar-refractivity contribution in [2.75, 3.05) is 6.54 Å². The number of fused-ring (bicyclic) bond motifs is 2. The van der Waals surface area contributed by atoms with Gasteiger partial charge in [0.05, 0.1) is 22.6 Å². The lowest BCUT2D eigenvalue weighted by atomic mass is 10.0. The smallest absolute Gasteiger partial charge is 0.266 e. The molecule has 1 unspecified atom stereocenters. The van der Waals surface area contributed by atoms with Crippen LogP contribution >= 0.6 is 0 Å². The molecule has 1 atom stereocenters. The van der Waals surface area contributed by atoms with Crippen molar-refractivity contribution in [3.63, 3.8) is 0 Å². The van der Waals surface area contributed by atoms with Gasteiger partial charge in [-0.2, -0.15) is 0 Å². The molecule has 5 aromatic rings. The Hall–Kier alpha value is -4.25. The van der Waals surface area contributed by atoms with Crippen LogP contribution in [-0.2, 0) is 0 Å². The van der Waals surface area contributed by atoms with Gasteiger partial charge < -0.3 is 4.90 Å². The highest BCUT2D eigenvalue weighted by atomic mass is 16.2. The Balaban J connectivity index is 1.67. The largest absolute Gasteiger partial charge is 0.329 e. The second-order valence-corrected chi connectivity index (χ2v) is 10.3. The highest BCUT2D eigenvalue weighted by Crippen LogP contribution is 2.27. The van der Waals surface area contributed by atoms with Gasteiger partial charge in [-0.05, 0) is 72.9 Å². The maximum absolute atomic E-state index is 14.1. The summed E-state index contributed by atoms with van der Waals surface area (Å²) >= 11 is 0. The fourth-order valence-electron chi connectivity index (χ4n) is 4.97. The summed E-state index contributed by atoms with van der Waals surface area (Å²) in [5, 5.41) is 2.67. The van der Waals surface area contributed by atoms with Crippen LogP contribution in [0, 0.1) is 12.8 Å². The van der Waals surface area contributed by atoms with Crippen molar-refractivity contribution in [2.24, 2.45) is 5.92 Å². The number of aryl methyl sites for hydroxylation is 1. The average Bonchev–Trinajstić information content (AvgIpc) is 2.93. The molecule has 0 aliphatic heterocycles. The van der Waals surface area contributed by atoms with Crippen molar-refractivity contribution < 1.29 is 4.79 Å². The Morgan fingerprint density at radius 2 is 1.55 bits per heavy atom. The minimum atomic E-state index is -0.440. The number of benzene rings is 4. The second-order valence-electron chi connectivity index (χ2n) is 10.3. The molecule has 0 bridgehead atoms. The monoisotopic (exact) mass is 503 g/mol. The molecule has 38 heavy (non-hydrogen) atoms. The standard InChI is InChI=1S/C33H33N3O2/c1-22(2)19-20-35(32(37)27-18-17-25-12-6-7-13-26(25)21-27)24(4)31-34-29-15-9-8-14-28(29)33(38)36(31)30-16-10-5-11-23(30)3/h5-18,21-22,24H,19-20H2,1-4H3. The van der Waals surface area contributed by atoms with Crippen LogP contribution in [0.5, 0.6) is 0 Å². The minimum Gasteiger partial charge on any atom is -0.329 e. The molecule has 0 aliphatic carbocycles. The Bertz CT molecular complexity index is 1690. The summed E-state index contributed by atoms with van der Waals surface area (Å²) in [6, 6.07) is 28.7. The zero-order chi connectivity index (χ0) is 26.8.